The van der Waals surface area contributed by atoms with Gasteiger partial charge in [0.05, 0.1) is 6.10 Å². The van der Waals surface area contributed by atoms with Crippen molar-refractivity contribution in [3.63, 3.8) is 0 Å². The fourth-order valence-electron chi connectivity index (χ4n) is 2.51. The Morgan fingerprint density at radius 3 is 2.52 bits per heavy atom. The van der Waals surface area contributed by atoms with E-state index < -0.39 is 23.3 Å². The SMILES string of the molecule is Cc1cc(=O)c(C(=O)N(CC(C)O)C(C)C)nn1-c1ccccc1F. The van der Waals surface area contributed by atoms with Crippen LogP contribution in [0.4, 0.5) is 4.39 Å². The van der Waals surface area contributed by atoms with Crippen molar-refractivity contribution in [1.82, 2.24) is 14.7 Å². The van der Waals surface area contributed by atoms with E-state index in [0.29, 0.717) is 5.69 Å². The number of aromatic nitrogens is 2. The summed E-state index contributed by atoms with van der Waals surface area (Å²) in [6.45, 7) is 6.81. The topological polar surface area (TPSA) is 75.4 Å². The number of nitrogens with zero attached hydrogens (tertiary/aromatic N) is 3. The van der Waals surface area contributed by atoms with Crippen molar-refractivity contribution in [2.24, 2.45) is 0 Å². The first-order valence-electron chi connectivity index (χ1n) is 8.07. The van der Waals surface area contributed by atoms with E-state index in [1.807, 2.05) is 0 Å². The van der Waals surface area contributed by atoms with Gasteiger partial charge >= 0.3 is 0 Å². The number of halogens is 1. The number of amides is 1. The lowest BCUT2D eigenvalue weighted by Gasteiger charge is -2.27. The lowest BCUT2D eigenvalue weighted by Crippen LogP contribution is -2.44. The first kappa shape index (κ1) is 18.8. The number of carbonyl (C=O) groups excluding carboxylic acids is 1. The van der Waals surface area contributed by atoms with Crippen LogP contribution in [0.5, 0.6) is 0 Å². The molecule has 0 fully saturated rings. The van der Waals surface area contributed by atoms with Crippen molar-refractivity contribution in [2.75, 3.05) is 6.54 Å². The second kappa shape index (κ2) is 7.57. The summed E-state index contributed by atoms with van der Waals surface area (Å²) in [5, 5.41) is 13.7. The summed E-state index contributed by atoms with van der Waals surface area (Å²) in [5.74, 6) is -1.10. The zero-order valence-corrected chi connectivity index (χ0v) is 14.7. The van der Waals surface area contributed by atoms with E-state index in [1.54, 1.807) is 39.8 Å². The Morgan fingerprint density at radius 2 is 1.96 bits per heavy atom. The van der Waals surface area contributed by atoms with Gasteiger partial charge in [-0.05, 0) is 39.8 Å². The summed E-state index contributed by atoms with van der Waals surface area (Å²) in [4.78, 5) is 26.4. The summed E-state index contributed by atoms with van der Waals surface area (Å²) >= 11 is 0. The molecule has 0 saturated carbocycles. The van der Waals surface area contributed by atoms with Crippen molar-refractivity contribution >= 4 is 5.91 Å². The highest BCUT2D eigenvalue weighted by atomic mass is 19.1. The fourth-order valence-corrected chi connectivity index (χ4v) is 2.51. The minimum atomic E-state index is -0.745. The minimum Gasteiger partial charge on any atom is -0.392 e. The Morgan fingerprint density at radius 1 is 1.32 bits per heavy atom. The summed E-state index contributed by atoms with van der Waals surface area (Å²) in [7, 11) is 0. The molecule has 1 N–H and O–H groups in total. The Hall–Kier alpha value is -2.54. The van der Waals surface area contributed by atoms with Crippen LogP contribution in [0.2, 0.25) is 0 Å². The number of carbonyl (C=O) groups is 1. The Kier molecular flexibility index (Phi) is 5.69. The van der Waals surface area contributed by atoms with Gasteiger partial charge < -0.3 is 10.0 Å². The van der Waals surface area contributed by atoms with Crippen LogP contribution in [-0.2, 0) is 0 Å². The van der Waals surface area contributed by atoms with Crippen LogP contribution in [0.1, 0.15) is 37.0 Å². The summed E-state index contributed by atoms with van der Waals surface area (Å²) < 4.78 is 15.3. The molecule has 0 spiro atoms. The van der Waals surface area contributed by atoms with Gasteiger partial charge in [-0.1, -0.05) is 12.1 Å². The molecule has 0 aliphatic carbocycles. The standard InChI is InChI=1S/C18H22FN3O3/c1-11(2)21(10-13(4)23)18(25)17-16(24)9-12(3)22(20-17)15-8-6-5-7-14(15)19/h5-9,11,13,23H,10H2,1-4H3. The van der Waals surface area contributed by atoms with Gasteiger partial charge in [-0.2, -0.15) is 5.10 Å². The maximum Gasteiger partial charge on any atom is 0.278 e. The van der Waals surface area contributed by atoms with Gasteiger partial charge in [-0.3, -0.25) is 9.59 Å². The van der Waals surface area contributed by atoms with Crippen molar-refractivity contribution in [1.29, 1.82) is 0 Å². The largest absolute Gasteiger partial charge is 0.392 e. The molecule has 1 aromatic heterocycles. The average molecular weight is 347 g/mol. The van der Waals surface area contributed by atoms with Crippen LogP contribution in [0.3, 0.4) is 0 Å². The van der Waals surface area contributed by atoms with E-state index in [-0.39, 0.29) is 24.0 Å². The van der Waals surface area contributed by atoms with Crippen LogP contribution < -0.4 is 5.43 Å². The predicted octanol–water partition coefficient (Wildman–Crippen LogP) is 1.91. The third kappa shape index (κ3) is 4.11. The molecule has 7 heteroatoms. The lowest BCUT2D eigenvalue weighted by atomic mass is 10.2. The number of aliphatic hydroxyl groups excluding tert-OH is 1. The van der Waals surface area contributed by atoms with E-state index in [9.17, 15) is 19.1 Å². The quantitative estimate of drug-likeness (QED) is 0.896. The maximum absolute atomic E-state index is 14.1. The van der Waals surface area contributed by atoms with Gasteiger partial charge in [0, 0.05) is 24.3 Å². The molecule has 134 valence electrons. The molecular formula is C18H22FN3O3. The number of aryl methyl sites for hydroxylation is 1. The highest BCUT2D eigenvalue weighted by Gasteiger charge is 2.25. The summed E-state index contributed by atoms with van der Waals surface area (Å²) in [6, 6.07) is 7.02. The number of para-hydroxylation sites is 1. The molecule has 0 bridgehead atoms. The van der Waals surface area contributed by atoms with Crippen LogP contribution in [0.25, 0.3) is 5.69 Å². The number of benzene rings is 1. The molecular weight excluding hydrogens is 325 g/mol. The van der Waals surface area contributed by atoms with Crippen LogP contribution in [0, 0.1) is 12.7 Å². The van der Waals surface area contributed by atoms with Gasteiger partial charge in [0.2, 0.25) is 5.43 Å². The van der Waals surface area contributed by atoms with E-state index in [0.717, 1.165) is 0 Å². The molecule has 1 amide bonds. The molecule has 0 radical (unpaired) electrons. The van der Waals surface area contributed by atoms with Gasteiger partial charge in [-0.25, -0.2) is 9.07 Å². The van der Waals surface area contributed by atoms with Gasteiger partial charge in [0.15, 0.2) is 5.69 Å². The normalized spacial score (nSPS) is 12.3. The molecule has 1 atom stereocenters. The molecule has 6 nitrogen and oxygen atoms in total. The van der Waals surface area contributed by atoms with Crippen molar-refractivity contribution < 1.29 is 14.3 Å². The number of hydrogen-bond acceptors (Lipinski definition) is 4. The lowest BCUT2D eigenvalue weighted by molar-refractivity contribution is 0.0570. The van der Waals surface area contributed by atoms with E-state index in [4.69, 9.17) is 0 Å². The zero-order valence-electron chi connectivity index (χ0n) is 14.7. The summed E-state index contributed by atoms with van der Waals surface area (Å²) in [5.41, 5.74) is -0.270. The Bertz CT molecular complexity index is 831. The first-order valence-corrected chi connectivity index (χ1v) is 8.07. The molecule has 2 aromatic rings. The smallest absolute Gasteiger partial charge is 0.278 e. The molecule has 0 saturated heterocycles. The highest BCUT2D eigenvalue weighted by molar-refractivity contribution is 5.92. The minimum absolute atomic E-state index is 0.0746. The molecule has 1 aromatic carbocycles. The van der Waals surface area contributed by atoms with Gasteiger partial charge in [-0.15, -0.1) is 0 Å². The van der Waals surface area contributed by atoms with Gasteiger partial charge in [0.25, 0.3) is 5.91 Å². The highest BCUT2D eigenvalue weighted by Crippen LogP contribution is 2.14. The van der Waals surface area contributed by atoms with Crippen LogP contribution >= 0.6 is 0 Å². The molecule has 25 heavy (non-hydrogen) atoms. The third-order valence-electron chi connectivity index (χ3n) is 3.74. The molecule has 0 aliphatic heterocycles. The zero-order chi connectivity index (χ0) is 18.7. The average Bonchev–Trinajstić information content (AvgIpc) is 2.53. The second-order valence-corrected chi connectivity index (χ2v) is 6.26. The van der Waals surface area contributed by atoms with Gasteiger partial charge in [0.1, 0.15) is 11.5 Å². The number of hydrogen-bond donors (Lipinski definition) is 1. The monoisotopic (exact) mass is 347 g/mol. The predicted molar refractivity (Wildman–Crippen MR) is 92.4 cm³/mol. The number of aliphatic hydroxyl groups is 1. The Balaban J connectivity index is 2.55. The third-order valence-corrected chi connectivity index (χ3v) is 3.74. The first-order chi connectivity index (χ1) is 11.7. The number of rotatable bonds is 5. The fraction of sp³-hybridized carbons (Fsp3) is 0.389. The molecule has 1 heterocycles. The Labute approximate surface area is 145 Å². The molecule has 0 aliphatic rings. The molecule has 1 unspecified atom stereocenters. The summed E-state index contributed by atoms with van der Waals surface area (Å²) in [6.07, 6.45) is -0.745. The molecule has 2 rings (SSSR count). The van der Waals surface area contributed by atoms with Crippen molar-refractivity contribution in [3.05, 3.63) is 57.8 Å². The van der Waals surface area contributed by atoms with E-state index in [2.05, 4.69) is 5.10 Å². The maximum atomic E-state index is 14.1. The van der Waals surface area contributed by atoms with Crippen molar-refractivity contribution in [3.8, 4) is 5.69 Å². The second-order valence-electron chi connectivity index (χ2n) is 6.26. The van der Waals surface area contributed by atoms with Crippen LogP contribution in [-0.4, -0.2) is 44.4 Å². The van der Waals surface area contributed by atoms with Crippen LogP contribution in [0.15, 0.2) is 35.1 Å². The van der Waals surface area contributed by atoms with Crippen molar-refractivity contribution in [2.45, 2.75) is 39.8 Å². The van der Waals surface area contributed by atoms with E-state index in [1.165, 1.54) is 27.8 Å². The van der Waals surface area contributed by atoms with E-state index >= 15 is 0 Å².